The molecule has 0 fully saturated rings. The van der Waals surface area contributed by atoms with Gasteiger partial charge in [0.2, 0.25) is 0 Å². The van der Waals surface area contributed by atoms with Crippen LogP contribution in [0.15, 0.2) is 47.1 Å². The maximum absolute atomic E-state index is 13.7. The molecule has 0 aliphatic rings. The molecule has 1 aromatic heterocycles. The standard InChI is InChI=1S/C16H20FNO2/c1-12(10-18(2)11-13-6-5-9-20-13)16(19)14-7-3-4-8-15(14)17/h3-9,12,16,19H,10-11H2,1-2H3. The van der Waals surface area contributed by atoms with Crippen molar-refractivity contribution in [2.24, 2.45) is 5.92 Å². The third-order valence-electron chi connectivity index (χ3n) is 3.37. The van der Waals surface area contributed by atoms with E-state index in [9.17, 15) is 9.50 Å². The number of aliphatic hydroxyl groups excluding tert-OH is 1. The molecule has 108 valence electrons. The van der Waals surface area contributed by atoms with Gasteiger partial charge in [0.25, 0.3) is 0 Å². The predicted molar refractivity (Wildman–Crippen MR) is 75.6 cm³/mol. The number of aliphatic hydroxyl groups is 1. The number of hydrogen-bond donors (Lipinski definition) is 1. The highest BCUT2D eigenvalue weighted by Crippen LogP contribution is 2.24. The van der Waals surface area contributed by atoms with Crippen LogP contribution < -0.4 is 0 Å². The Bertz CT molecular complexity index is 527. The van der Waals surface area contributed by atoms with Crippen molar-refractivity contribution in [2.75, 3.05) is 13.6 Å². The Morgan fingerprint density at radius 3 is 2.65 bits per heavy atom. The molecule has 2 aromatic rings. The molecule has 1 N–H and O–H groups in total. The minimum absolute atomic E-state index is 0.0770. The summed E-state index contributed by atoms with van der Waals surface area (Å²) in [6.07, 6.45) is 0.830. The van der Waals surface area contributed by atoms with Crippen molar-refractivity contribution in [3.8, 4) is 0 Å². The Kier molecular flexibility index (Phi) is 4.93. The first-order chi connectivity index (χ1) is 9.58. The Balaban J connectivity index is 1.94. The molecular weight excluding hydrogens is 257 g/mol. The SMILES string of the molecule is CC(CN(C)Cc1ccco1)C(O)c1ccccc1F. The summed E-state index contributed by atoms with van der Waals surface area (Å²) in [6.45, 7) is 3.23. The number of rotatable bonds is 6. The Labute approximate surface area is 118 Å². The topological polar surface area (TPSA) is 36.6 Å². The number of furan rings is 1. The van der Waals surface area contributed by atoms with Gasteiger partial charge in [-0.3, -0.25) is 4.90 Å². The van der Waals surface area contributed by atoms with Gasteiger partial charge in [0.1, 0.15) is 11.6 Å². The largest absolute Gasteiger partial charge is 0.468 e. The molecule has 0 saturated heterocycles. The summed E-state index contributed by atoms with van der Waals surface area (Å²) < 4.78 is 18.9. The lowest BCUT2D eigenvalue weighted by atomic mass is 9.96. The normalized spacial score (nSPS) is 14.4. The van der Waals surface area contributed by atoms with E-state index in [4.69, 9.17) is 4.42 Å². The molecule has 2 atom stereocenters. The van der Waals surface area contributed by atoms with Crippen molar-refractivity contribution in [2.45, 2.75) is 19.6 Å². The van der Waals surface area contributed by atoms with Gasteiger partial charge in [-0.1, -0.05) is 25.1 Å². The summed E-state index contributed by atoms with van der Waals surface area (Å²) in [5, 5.41) is 10.3. The summed E-state index contributed by atoms with van der Waals surface area (Å²) in [7, 11) is 1.95. The zero-order valence-electron chi connectivity index (χ0n) is 11.8. The maximum Gasteiger partial charge on any atom is 0.129 e. The van der Waals surface area contributed by atoms with Gasteiger partial charge in [0.05, 0.1) is 18.9 Å². The van der Waals surface area contributed by atoms with E-state index in [0.717, 1.165) is 5.76 Å². The van der Waals surface area contributed by atoms with Crippen molar-refractivity contribution >= 4 is 0 Å². The fraction of sp³-hybridized carbons (Fsp3) is 0.375. The molecule has 0 radical (unpaired) electrons. The highest BCUT2D eigenvalue weighted by atomic mass is 19.1. The second kappa shape index (κ2) is 6.68. The average Bonchev–Trinajstić information content (AvgIpc) is 2.91. The predicted octanol–water partition coefficient (Wildman–Crippen LogP) is 3.22. The Morgan fingerprint density at radius 1 is 1.25 bits per heavy atom. The third kappa shape index (κ3) is 3.68. The molecule has 1 heterocycles. The van der Waals surface area contributed by atoms with Gasteiger partial charge in [-0.15, -0.1) is 0 Å². The highest BCUT2D eigenvalue weighted by molar-refractivity contribution is 5.20. The van der Waals surface area contributed by atoms with Crippen molar-refractivity contribution in [3.05, 3.63) is 59.8 Å². The van der Waals surface area contributed by atoms with E-state index in [1.807, 2.05) is 31.0 Å². The first-order valence-corrected chi connectivity index (χ1v) is 6.71. The van der Waals surface area contributed by atoms with Gasteiger partial charge >= 0.3 is 0 Å². The van der Waals surface area contributed by atoms with Gasteiger partial charge in [0.15, 0.2) is 0 Å². The molecule has 3 nitrogen and oxygen atoms in total. The van der Waals surface area contributed by atoms with E-state index < -0.39 is 6.10 Å². The lowest BCUT2D eigenvalue weighted by Gasteiger charge is -2.24. The summed E-state index contributed by atoms with van der Waals surface area (Å²) in [6, 6.07) is 10.1. The summed E-state index contributed by atoms with van der Waals surface area (Å²) in [5.41, 5.74) is 0.353. The van der Waals surface area contributed by atoms with E-state index in [1.54, 1.807) is 24.5 Å². The smallest absolute Gasteiger partial charge is 0.129 e. The van der Waals surface area contributed by atoms with Gasteiger partial charge in [0, 0.05) is 12.1 Å². The summed E-state index contributed by atoms with van der Waals surface area (Å²) >= 11 is 0. The van der Waals surface area contributed by atoms with E-state index in [1.165, 1.54) is 6.07 Å². The van der Waals surface area contributed by atoms with Crippen LogP contribution in [0, 0.1) is 11.7 Å². The fourth-order valence-corrected chi connectivity index (χ4v) is 2.35. The van der Waals surface area contributed by atoms with Crippen molar-refractivity contribution in [1.29, 1.82) is 0 Å². The quantitative estimate of drug-likeness (QED) is 0.880. The van der Waals surface area contributed by atoms with Crippen LogP contribution in [0.5, 0.6) is 0 Å². The molecule has 0 spiro atoms. The molecule has 0 amide bonds. The van der Waals surface area contributed by atoms with Gasteiger partial charge in [-0.2, -0.15) is 0 Å². The zero-order chi connectivity index (χ0) is 14.5. The van der Waals surface area contributed by atoms with Gasteiger partial charge in [-0.05, 0) is 31.2 Å². The monoisotopic (exact) mass is 277 g/mol. The minimum atomic E-state index is -0.810. The molecular formula is C16H20FNO2. The first-order valence-electron chi connectivity index (χ1n) is 6.71. The zero-order valence-corrected chi connectivity index (χ0v) is 11.8. The molecule has 1 aromatic carbocycles. The Morgan fingerprint density at radius 2 is 2.00 bits per heavy atom. The van der Waals surface area contributed by atoms with E-state index in [-0.39, 0.29) is 11.7 Å². The Hall–Kier alpha value is -1.65. The molecule has 0 aliphatic carbocycles. The minimum Gasteiger partial charge on any atom is -0.468 e. The number of nitrogens with zero attached hydrogens (tertiary/aromatic N) is 1. The van der Waals surface area contributed by atoms with Crippen LogP contribution in [0.1, 0.15) is 24.4 Å². The van der Waals surface area contributed by atoms with E-state index in [0.29, 0.717) is 18.7 Å². The third-order valence-corrected chi connectivity index (χ3v) is 3.37. The van der Waals surface area contributed by atoms with Crippen LogP contribution in [0.3, 0.4) is 0 Å². The lowest BCUT2D eigenvalue weighted by molar-refractivity contribution is 0.0885. The maximum atomic E-state index is 13.7. The molecule has 2 rings (SSSR count). The van der Waals surface area contributed by atoms with Crippen LogP contribution in [-0.2, 0) is 6.54 Å². The molecule has 0 aliphatic heterocycles. The molecule has 2 unspecified atom stereocenters. The second-order valence-electron chi connectivity index (χ2n) is 5.22. The van der Waals surface area contributed by atoms with Crippen molar-refractivity contribution in [3.63, 3.8) is 0 Å². The highest BCUT2D eigenvalue weighted by Gasteiger charge is 2.21. The molecule has 0 bridgehead atoms. The van der Waals surface area contributed by atoms with Crippen LogP contribution >= 0.6 is 0 Å². The van der Waals surface area contributed by atoms with Crippen LogP contribution in [0.2, 0.25) is 0 Å². The van der Waals surface area contributed by atoms with E-state index >= 15 is 0 Å². The first kappa shape index (κ1) is 14.8. The lowest BCUT2D eigenvalue weighted by Crippen LogP contribution is -2.27. The molecule has 0 saturated carbocycles. The van der Waals surface area contributed by atoms with Crippen LogP contribution in [-0.4, -0.2) is 23.6 Å². The van der Waals surface area contributed by atoms with Crippen LogP contribution in [0.25, 0.3) is 0 Å². The second-order valence-corrected chi connectivity index (χ2v) is 5.22. The average molecular weight is 277 g/mol. The fourth-order valence-electron chi connectivity index (χ4n) is 2.35. The summed E-state index contributed by atoms with van der Waals surface area (Å²) in [4.78, 5) is 2.05. The summed E-state index contributed by atoms with van der Waals surface area (Å²) in [5.74, 6) is 0.437. The van der Waals surface area contributed by atoms with Crippen molar-refractivity contribution < 1.29 is 13.9 Å². The number of halogens is 1. The van der Waals surface area contributed by atoms with Gasteiger partial charge in [-0.25, -0.2) is 4.39 Å². The van der Waals surface area contributed by atoms with Gasteiger partial charge < -0.3 is 9.52 Å². The van der Waals surface area contributed by atoms with Crippen molar-refractivity contribution in [1.82, 2.24) is 4.90 Å². The molecule has 20 heavy (non-hydrogen) atoms. The number of hydrogen-bond acceptors (Lipinski definition) is 3. The van der Waals surface area contributed by atoms with Crippen LogP contribution in [0.4, 0.5) is 4.39 Å². The number of benzene rings is 1. The van der Waals surface area contributed by atoms with E-state index in [2.05, 4.69) is 0 Å². The molecule has 4 heteroatoms.